The molecule has 1 aromatic carbocycles. The van der Waals surface area contributed by atoms with Crippen LogP contribution in [-0.2, 0) is 10.0 Å². The molecule has 5 nitrogen and oxygen atoms in total. The van der Waals surface area contributed by atoms with Crippen molar-refractivity contribution >= 4 is 44.8 Å². The molecule has 118 valence electrons. The van der Waals surface area contributed by atoms with Crippen LogP contribution in [0.5, 0.6) is 0 Å². The van der Waals surface area contributed by atoms with Crippen LogP contribution in [0.1, 0.15) is 0 Å². The first-order chi connectivity index (χ1) is 9.90. The monoisotopic (exact) mass is 371 g/mol. The summed E-state index contributed by atoms with van der Waals surface area (Å²) in [7, 11) is -3.75. The van der Waals surface area contributed by atoms with Crippen molar-refractivity contribution in [2.75, 3.05) is 39.3 Å². The molecule has 0 radical (unpaired) electrons. The first kappa shape index (κ1) is 17.3. The second-order valence-corrected chi connectivity index (χ2v) is 7.64. The third-order valence-corrected chi connectivity index (χ3v) is 5.76. The first-order valence-electron chi connectivity index (χ1n) is 6.47. The Bertz CT molecular complexity index is 581. The van der Waals surface area contributed by atoms with Gasteiger partial charge in [-0.05, 0) is 12.1 Å². The summed E-state index contributed by atoms with van der Waals surface area (Å²) in [5, 5.41) is 3.57. The standard InChI is InChI=1S/C12H16Cl3N3O2S/c13-9-7-10(14)12(11(15)8-9)21(19,20)17-3-6-18-4-1-16-2-5-18/h7-8,16-17H,1-6H2. The molecule has 2 rings (SSSR count). The van der Waals surface area contributed by atoms with Crippen LogP contribution in [0.25, 0.3) is 0 Å². The minimum Gasteiger partial charge on any atom is -0.314 e. The summed E-state index contributed by atoms with van der Waals surface area (Å²) in [6.45, 7) is 4.60. The van der Waals surface area contributed by atoms with Gasteiger partial charge in [0.2, 0.25) is 10.0 Å². The van der Waals surface area contributed by atoms with Crippen molar-refractivity contribution < 1.29 is 8.42 Å². The van der Waals surface area contributed by atoms with E-state index >= 15 is 0 Å². The van der Waals surface area contributed by atoms with E-state index in [2.05, 4.69) is 14.9 Å². The summed E-state index contributed by atoms with van der Waals surface area (Å²) >= 11 is 17.7. The van der Waals surface area contributed by atoms with Gasteiger partial charge in [0.15, 0.2) is 0 Å². The Morgan fingerprint density at radius 2 is 1.71 bits per heavy atom. The third-order valence-electron chi connectivity index (χ3n) is 3.16. The molecule has 1 aliphatic heterocycles. The van der Waals surface area contributed by atoms with Gasteiger partial charge in [0.05, 0.1) is 10.0 Å². The molecule has 2 N–H and O–H groups in total. The molecule has 1 aliphatic rings. The Hall–Kier alpha value is -0.0800. The SMILES string of the molecule is O=S(=O)(NCCN1CCNCC1)c1c(Cl)cc(Cl)cc1Cl. The van der Waals surface area contributed by atoms with E-state index in [1.807, 2.05) is 0 Å². The minimum atomic E-state index is -3.75. The van der Waals surface area contributed by atoms with Gasteiger partial charge in [0, 0.05) is 44.3 Å². The molecule has 0 atom stereocenters. The summed E-state index contributed by atoms with van der Waals surface area (Å²) in [4.78, 5) is 2.06. The Morgan fingerprint density at radius 1 is 1.14 bits per heavy atom. The van der Waals surface area contributed by atoms with Crippen molar-refractivity contribution in [3.63, 3.8) is 0 Å². The largest absolute Gasteiger partial charge is 0.314 e. The first-order valence-corrected chi connectivity index (χ1v) is 9.09. The molecular weight excluding hydrogens is 357 g/mol. The van der Waals surface area contributed by atoms with Crippen LogP contribution < -0.4 is 10.0 Å². The van der Waals surface area contributed by atoms with Gasteiger partial charge >= 0.3 is 0 Å². The molecule has 0 amide bonds. The van der Waals surface area contributed by atoms with Crippen LogP contribution in [-0.4, -0.2) is 52.6 Å². The maximum absolute atomic E-state index is 12.3. The quantitative estimate of drug-likeness (QED) is 0.828. The van der Waals surface area contributed by atoms with E-state index in [-0.39, 0.29) is 14.9 Å². The van der Waals surface area contributed by atoms with Crippen LogP contribution in [0.4, 0.5) is 0 Å². The second kappa shape index (κ2) is 7.46. The molecule has 0 aliphatic carbocycles. The molecule has 1 fully saturated rings. The summed E-state index contributed by atoms with van der Waals surface area (Å²) in [5.41, 5.74) is 0. The molecule has 0 aromatic heterocycles. The number of sulfonamides is 1. The zero-order valence-corrected chi connectivity index (χ0v) is 14.3. The predicted molar refractivity (Wildman–Crippen MR) is 86.0 cm³/mol. The van der Waals surface area contributed by atoms with Crippen LogP contribution in [0, 0.1) is 0 Å². The average molecular weight is 373 g/mol. The average Bonchev–Trinajstić information content (AvgIpc) is 2.38. The van der Waals surface area contributed by atoms with E-state index < -0.39 is 10.0 Å². The highest BCUT2D eigenvalue weighted by molar-refractivity contribution is 7.89. The number of rotatable bonds is 5. The second-order valence-electron chi connectivity index (χ2n) is 4.69. The molecule has 1 saturated heterocycles. The fraction of sp³-hybridized carbons (Fsp3) is 0.500. The van der Waals surface area contributed by atoms with Crippen molar-refractivity contribution in [3.8, 4) is 0 Å². The number of halogens is 3. The maximum Gasteiger partial charge on any atom is 0.243 e. The number of piperazine rings is 1. The van der Waals surface area contributed by atoms with Gasteiger partial charge in [-0.1, -0.05) is 34.8 Å². The van der Waals surface area contributed by atoms with Crippen molar-refractivity contribution in [2.45, 2.75) is 4.90 Å². The van der Waals surface area contributed by atoms with E-state index in [0.717, 1.165) is 26.2 Å². The molecular formula is C12H16Cl3N3O2S. The zero-order valence-electron chi connectivity index (χ0n) is 11.2. The fourth-order valence-corrected chi connectivity index (χ4v) is 4.69. The lowest BCUT2D eigenvalue weighted by Crippen LogP contribution is -2.46. The normalized spacial score (nSPS) is 17.1. The Kier molecular flexibility index (Phi) is 6.14. The van der Waals surface area contributed by atoms with E-state index in [1.165, 1.54) is 12.1 Å². The Morgan fingerprint density at radius 3 is 2.29 bits per heavy atom. The lowest BCUT2D eigenvalue weighted by molar-refractivity contribution is 0.245. The van der Waals surface area contributed by atoms with Crippen molar-refractivity contribution in [2.24, 2.45) is 0 Å². The third kappa shape index (κ3) is 4.69. The summed E-state index contributed by atoms with van der Waals surface area (Å²) in [6.07, 6.45) is 0. The lowest BCUT2D eigenvalue weighted by Gasteiger charge is -2.27. The number of hydrogen-bond acceptors (Lipinski definition) is 4. The molecule has 0 spiro atoms. The maximum atomic E-state index is 12.3. The highest BCUT2D eigenvalue weighted by Gasteiger charge is 2.22. The Labute approximate surface area is 139 Å². The van der Waals surface area contributed by atoms with Gasteiger partial charge in [-0.2, -0.15) is 0 Å². The fourth-order valence-electron chi connectivity index (χ4n) is 2.13. The van der Waals surface area contributed by atoms with Crippen LogP contribution in [0.2, 0.25) is 15.1 Å². The molecule has 1 heterocycles. The molecule has 21 heavy (non-hydrogen) atoms. The smallest absolute Gasteiger partial charge is 0.243 e. The number of nitrogens with zero attached hydrogens (tertiary/aromatic N) is 1. The molecule has 1 aromatic rings. The van der Waals surface area contributed by atoms with E-state index in [9.17, 15) is 8.42 Å². The number of benzene rings is 1. The molecule has 0 unspecified atom stereocenters. The van der Waals surface area contributed by atoms with Crippen LogP contribution >= 0.6 is 34.8 Å². The zero-order chi connectivity index (χ0) is 15.5. The Balaban J connectivity index is 2.01. The van der Waals surface area contributed by atoms with Gasteiger partial charge < -0.3 is 5.32 Å². The van der Waals surface area contributed by atoms with Gasteiger partial charge in [-0.15, -0.1) is 0 Å². The van der Waals surface area contributed by atoms with Crippen LogP contribution in [0.3, 0.4) is 0 Å². The highest BCUT2D eigenvalue weighted by atomic mass is 35.5. The minimum absolute atomic E-state index is 0.0159. The highest BCUT2D eigenvalue weighted by Crippen LogP contribution is 2.32. The van der Waals surface area contributed by atoms with Crippen LogP contribution in [0.15, 0.2) is 17.0 Å². The van der Waals surface area contributed by atoms with Gasteiger partial charge in [-0.25, -0.2) is 13.1 Å². The van der Waals surface area contributed by atoms with Gasteiger partial charge in [0.25, 0.3) is 0 Å². The predicted octanol–water partition coefficient (Wildman–Crippen LogP) is 1.83. The summed E-state index contributed by atoms with van der Waals surface area (Å²) < 4.78 is 27.1. The van der Waals surface area contributed by atoms with E-state index in [4.69, 9.17) is 34.8 Å². The molecule has 0 saturated carbocycles. The summed E-state index contributed by atoms with van der Waals surface area (Å²) in [6, 6.07) is 2.72. The summed E-state index contributed by atoms with van der Waals surface area (Å²) in [5.74, 6) is 0. The van der Waals surface area contributed by atoms with Gasteiger partial charge in [0.1, 0.15) is 4.90 Å². The molecule has 0 bridgehead atoms. The van der Waals surface area contributed by atoms with E-state index in [1.54, 1.807) is 0 Å². The number of hydrogen-bond donors (Lipinski definition) is 2. The van der Waals surface area contributed by atoms with Crippen molar-refractivity contribution in [1.82, 2.24) is 14.9 Å². The van der Waals surface area contributed by atoms with E-state index in [0.29, 0.717) is 18.1 Å². The topological polar surface area (TPSA) is 61.4 Å². The van der Waals surface area contributed by atoms with Crippen molar-refractivity contribution in [1.29, 1.82) is 0 Å². The van der Waals surface area contributed by atoms with Gasteiger partial charge in [-0.3, -0.25) is 4.90 Å². The van der Waals surface area contributed by atoms with Crippen molar-refractivity contribution in [3.05, 3.63) is 27.2 Å². The molecule has 9 heteroatoms. The number of nitrogens with one attached hydrogen (secondary N) is 2. The lowest BCUT2D eigenvalue weighted by atomic mass is 10.3.